The number of nitro groups is 1. The number of carbonyl (C=O) groups excluding carboxylic acids is 2. The van der Waals surface area contributed by atoms with Gasteiger partial charge in [0, 0.05) is 18.2 Å². The molecular weight excluding hydrogens is 298 g/mol. The summed E-state index contributed by atoms with van der Waals surface area (Å²) in [6.45, 7) is 4.27. The summed E-state index contributed by atoms with van der Waals surface area (Å²) in [5.41, 5.74) is -0.120. The van der Waals surface area contributed by atoms with E-state index in [1.165, 1.54) is 12.1 Å². The predicted octanol–water partition coefficient (Wildman–Crippen LogP) is 1.75. The normalized spacial score (nSPS) is 10.3. The minimum absolute atomic E-state index is 0.128. The Balaban J connectivity index is 2.58. The van der Waals surface area contributed by atoms with Crippen LogP contribution in [0.15, 0.2) is 18.2 Å². The van der Waals surface area contributed by atoms with E-state index in [9.17, 15) is 19.7 Å². The van der Waals surface area contributed by atoms with Crippen molar-refractivity contribution in [1.82, 2.24) is 10.6 Å². The highest BCUT2D eigenvalue weighted by Gasteiger charge is 2.15. The molecule has 0 heterocycles. The monoisotopic (exact) mass is 313 g/mol. The Hall–Kier alpha value is -2.15. The number of nitrogens with zero attached hydrogens (tertiary/aromatic N) is 1. The first-order valence-electron chi connectivity index (χ1n) is 6.30. The zero-order valence-electron chi connectivity index (χ0n) is 11.7. The van der Waals surface area contributed by atoms with Crippen molar-refractivity contribution in [3.8, 4) is 0 Å². The predicted molar refractivity (Wildman–Crippen MR) is 78.3 cm³/mol. The maximum absolute atomic E-state index is 11.8. The summed E-state index contributed by atoms with van der Waals surface area (Å²) >= 11 is 5.71. The van der Waals surface area contributed by atoms with E-state index in [0.717, 1.165) is 6.07 Å². The van der Waals surface area contributed by atoms with Crippen LogP contribution in [0.1, 0.15) is 24.2 Å². The van der Waals surface area contributed by atoms with Crippen molar-refractivity contribution in [3.63, 3.8) is 0 Å². The van der Waals surface area contributed by atoms with Crippen LogP contribution in [0.2, 0.25) is 5.02 Å². The first-order valence-corrected chi connectivity index (χ1v) is 6.68. The third-order valence-electron chi connectivity index (χ3n) is 2.52. The molecule has 0 unspecified atom stereocenters. The van der Waals surface area contributed by atoms with Crippen molar-refractivity contribution >= 4 is 29.1 Å². The molecule has 8 heteroatoms. The highest BCUT2D eigenvalue weighted by atomic mass is 35.5. The molecule has 0 aromatic heterocycles. The summed E-state index contributed by atoms with van der Waals surface area (Å²) in [7, 11) is 0. The topological polar surface area (TPSA) is 101 Å². The molecule has 0 aliphatic rings. The number of nitro benzene ring substituents is 1. The van der Waals surface area contributed by atoms with E-state index in [1.807, 2.05) is 13.8 Å². The Morgan fingerprint density at radius 2 is 2.00 bits per heavy atom. The Morgan fingerprint density at radius 3 is 2.52 bits per heavy atom. The van der Waals surface area contributed by atoms with Crippen LogP contribution >= 0.6 is 11.6 Å². The summed E-state index contributed by atoms with van der Waals surface area (Å²) in [6, 6.07) is 3.63. The highest BCUT2D eigenvalue weighted by molar-refractivity contribution is 6.33. The van der Waals surface area contributed by atoms with Crippen molar-refractivity contribution in [2.75, 3.05) is 13.1 Å². The maximum atomic E-state index is 11.8. The number of hydrogen-bond acceptors (Lipinski definition) is 4. The Bertz CT molecular complexity index is 560. The number of halogens is 1. The minimum atomic E-state index is -0.636. The second-order valence-corrected chi connectivity index (χ2v) is 5.21. The molecule has 0 spiro atoms. The molecule has 0 fully saturated rings. The Morgan fingerprint density at radius 1 is 1.33 bits per heavy atom. The summed E-state index contributed by atoms with van der Waals surface area (Å²) in [5, 5.41) is 15.6. The summed E-state index contributed by atoms with van der Waals surface area (Å²) < 4.78 is 0. The van der Waals surface area contributed by atoms with E-state index in [4.69, 9.17) is 11.6 Å². The molecule has 7 nitrogen and oxygen atoms in total. The number of carbonyl (C=O) groups is 2. The number of benzene rings is 1. The van der Waals surface area contributed by atoms with Crippen molar-refractivity contribution in [2.45, 2.75) is 13.8 Å². The molecule has 1 aromatic carbocycles. The SMILES string of the molecule is CC(C)CNC(=O)CNC(=O)c1ccc([N+](=O)[O-])c(Cl)c1. The molecule has 1 rings (SSSR count). The molecule has 0 saturated heterocycles. The van der Waals surface area contributed by atoms with Crippen LogP contribution in [0.25, 0.3) is 0 Å². The molecule has 2 N–H and O–H groups in total. The van der Waals surface area contributed by atoms with Crippen LogP contribution in [0.5, 0.6) is 0 Å². The van der Waals surface area contributed by atoms with E-state index in [1.54, 1.807) is 0 Å². The van der Waals surface area contributed by atoms with E-state index in [2.05, 4.69) is 10.6 Å². The van der Waals surface area contributed by atoms with Gasteiger partial charge < -0.3 is 10.6 Å². The average Bonchev–Trinajstić information content (AvgIpc) is 2.41. The highest BCUT2D eigenvalue weighted by Crippen LogP contribution is 2.24. The molecule has 0 saturated carbocycles. The van der Waals surface area contributed by atoms with Gasteiger partial charge in [0.15, 0.2) is 0 Å². The fourth-order valence-electron chi connectivity index (χ4n) is 1.44. The van der Waals surface area contributed by atoms with Gasteiger partial charge in [-0.15, -0.1) is 0 Å². The first kappa shape index (κ1) is 16.9. The third-order valence-corrected chi connectivity index (χ3v) is 2.83. The lowest BCUT2D eigenvalue weighted by atomic mass is 10.2. The van der Waals surface area contributed by atoms with Gasteiger partial charge in [0.1, 0.15) is 5.02 Å². The van der Waals surface area contributed by atoms with Gasteiger partial charge in [-0.3, -0.25) is 19.7 Å². The number of amides is 2. The maximum Gasteiger partial charge on any atom is 0.287 e. The van der Waals surface area contributed by atoms with Crippen LogP contribution < -0.4 is 10.6 Å². The Labute approximate surface area is 126 Å². The second kappa shape index (κ2) is 7.58. The van der Waals surface area contributed by atoms with E-state index in [-0.39, 0.29) is 28.7 Å². The second-order valence-electron chi connectivity index (χ2n) is 4.80. The average molecular weight is 314 g/mol. The lowest BCUT2D eigenvalue weighted by Gasteiger charge is -2.08. The zero-order valence-corrected chi connectivity index (χ0v) is 12.4. The molecule has 0 radical (unpaired) electrons. The van der Waals surface area contributed by atoms with Crippen LogP contribution in [0.3, 0.4) is 0 Å². The van der Waals surface area contributed by atoms with Gasteiger partial charge in [-0.05, 0) is 18.1 Å². The molecule has 114 valence electrons. The molecule has 0 atom stereocenters. The molecule has 0 bridgehead atoms. The minimum Gasteiger partial charge on any atom is -0.354 e. The van der Waals surface area contributed by atoms with Crippen molar-refractivity contribution in [2.24, 2.45) is 5.92 Å². The molecule has 0 aliphatic carbocycles. The Kier molecular flexibility index (Phi) is 6.10. The van der Waals surface area contributed by atoms with Gasteiger partial charge >= 0.3 is 0 Å². The smallest absolute Gasteiger partial charge is 0.287 e. The standard InChI is InChI=1S/C13H16ClN3O4/c1-8(2)6-15-12(18)7-16-13(19)9-3-4-11(17(20)21)10(14)5-9/h3-5,8H,6-7H2,1-2H3,(H,15,18)(H,16,19). The van der Waals surface area contributed by atoms with E-state index < -0.39 is 10.8 Å². The van der Waals surface area contributed by atoms with Crippen molar-refractivity contribution < 1.29 is 14.5 Å². The number of hydrogen-bond donors (Lipinski definition) is 2. The third kappa shape index (κ3) is 5.39. The van der Waals surface area contributed by atoms with Crippen LogP contribution in [-0.2, 0) is 4.79 Å². The summed E-state index contributed by atoms with van der Waals surface area (Å²) in [4.78, 5) is 33.2. The van der Waals surface area contributed by atoms with Gasteiger partial charge in [0.2, 0.25) is 5.91 Å². The molecular formula is C13H16ClN3O4. The summed E-state index contributed by atoms with van der Waals surface area (Å²) in [6.07, 6.45) is 0. The molecule has 0 aliphatic heterocycles. The van der Waals surface area contributed by atoms with Gasteiger partial charge in [-0.25, -0.2) is 0 Å². The quantitative estimate of drug-likeness (QED) is 0.617. The first-order chi connectivity index (χ1) is 9.81. The van der Waals surface area contributed by atoms with Gasteiger partial charge in [0.05, 0.1) is 11.5 Å². The van der Waals surface area contributed by atoms with Gasteiger partial charge in [0.25, 0.3) is 11.6 Å². The lowest BCUT2D eigenvalue weighted by molar-refractivity contribution is -0.384. The number of nitrogens with one attached hydrogen (secondary N) is 2. The summed E-state index contributed by atoms with van der Waals surface area (Å²) in [5.74, 6) is -0.505. The van der Waals surface area contributed by atoms with Gasteiger partial charge in [-0.1, -0.05) is 25.4 Å². The molecule has 21 heavy (non-hydrogen) atoms. The van der Waals surface area contributed by atoms with E-state index in [0.29, 0.717) is 12.5 Å². The lowest BCUT2D eigenvalue weighted by Crippen LogP contribution is -2.38. The van der Waals surface area contributed by atoms with Crippen LogP contribution in [-0.4, -0.2) is 29.8 Å². The zero-order chi connectivity index (χ0) is 16.0. The van der Waals surface area contributed by atoms with Crippen molar-refractivity contribution in [1.29, 1.82) is 0 Å². The fraction of sp³-hybridized carbons (Fsp3) is 0.385. The number of rotatable bonds is 6. The van der Waals surface area contributed by atoms with Crippen LogP contribution in [0.4, 0.5) is 5.69 Å². The van der Waals surface area contributed by atoms with E-state index >= 15 is 0 Å². The van der Waals surface area contributed by atoms with Crippen LogP contribution in [0, 0.1) is 16.0 Å². The molecule has 2 amide bonds. The fourth-order valence-corrected chi connectivity index (χ4v) is 1.69. The van der Waals surface area contributed by atoms with Gasteiger partial charge in [-0.2, -0.15) is 0 Å². The molecule has 1 aromatic rings. The largest absolute Gasteiger partial charge is 0.354 e. The van der Waals surface area contributed by atoms with Crippen molar-refractivity contribution in [3.05, 3.63) is 38.9 Å².